The fraction of sp³-hybridized carbons (Fsp3) is 0.0769. The first-order chi connectivity index (χ1) is 9.82. The standard InChI is InChI=1S/C13H8Cl2N2O4/c1-7-6-10(16(18)19)11(13(12(7)15)17(20)21)8-2-4-9(14)5-3-8/h2-6H,1H3. The molecule has 0 radical (unpaired) electrons. The normalized spacial score (nSPS) is 10.4. The molecular formula is C13H8Cl2N2O4. The first-order valence-corrected chi connectivity index (χ1v) is 6.46. The van der Waals surface area contributed by atoms with Crippen LogP contribution in [0.25, 0.3) is 11.1 Å². The maximum Gasteiger partial charge on any atom is 0.302 e. The summed E-state index contributed by atoms with van der Waals surface area (Å²) in [4.78, 5) is 21.1. The number of hydrogen-bond acceptors (Lipinski definition) is 4. The monoisotopic (exact) mass is 326 g/mol. The molecule has 8 heteroatoms. The molecule has 0 amide bonds. The Bertz CT molecular complexity index is 745. The molecule has 21 heavy (non-hydrogen) atoms. The molecule has 0 aliphatic heterocycles. The summed E-state index contributed by atoms with van der Waals surface area (Å²) in [5.74, 6) is 0. The summed E-state index contributed by atoms with van der Waals surface area (Å²) in [6, 6.07) is 7.17. The maximum absolute atomic E-state index is 11.3. The number of nitrogens with zero attached hydrogens (tertiary/aromatic N) is 2. The molecule has 0 unspecified atom stereocenters. The van der Waals surface area contributed by atoms with E-state index in [4.69, 9.17) is 23.2 Å². The summed E-state index contributed by atoms with van der Waals surface area (Å²) in [6.45, 7) is 1.48. The van der Waals surface area contributed by atoms with Gasteiger partial charge in [-0.2, -0.15) is 0 Å². The topological polar surface area (TPSA) is 86.3 Å². The summed E-state index contributed by atoms with van der Waals surface area (Å²) in [5, 5.41) is 22.8. The SMILES string of the molecule is Cc1cc([N+](=O)[O-])c(-c2ccc(Cl)cc2)c([N+](=O)[O-])c1Cl. The van der Waals surface area contributed by atoms with E-state index in [1.807, 2.05) is 0 Å². The molecule has 6 nitrogen and oxygen atoms in total. The second kappa shape index (κ2) is 5.67. The van der Waals surface area contributed by atoms with Gasteiger partial charge in [-0.1, -0.05) is 35.3 Å². The van der Waals surface area contributed by atoms with Gasteiger partial charge in [-0.15, -0.1) is 0 Å². The molecule has 2 aromatic rings. The third-order valence-corrected chi connectivity index (χ3v) is 3.64. The molecule has 0 heterocycles. The Labute approximate surface area is 129 Å². The number of benzene rings is 2. The highest BCUT2D eigenvalue weighted by atomic mass is 35.5. The molecule has 108 valence electrons. The second-order valence-corrected chi connectivity index (χ2v) is 5.09. The van der Waals surface area contributed by atoms with Crippen molar-refractivity contribution in [2.75, 3.05) is 0 Å². The van der Waals surface area contributed by atoms with Gasteiger partial charge in [0.05, 0.1) is 9.85 Å². The Hall–Kier alpha value is -2.18. The number of aryl methyl sites for hydroxylation is 1. The highest BCUT2D eigenvalue weighted by Crippen LogP contribution is 2.44. The van der Waals surface area contributed by atoms with Gasteiger partial charge in [-0.25, -0.2) is 0 Å². The number of nitro benzene ring substituents is 2. The van der Waals surface area contributed by atoms with Gasteiger partial charge in [0, 0.05) is 11.1 Å². The van der Waals surface area contributed by atoms with Gasteiger partial charge in [0.15, 0.2) is 0 Å². The van der Waals surface area contributed by atoms with E-state index in [2.05, 4.69) is 0 Å². The lowest BCUT2D eigenvalue weighted by molar-refractivity contribution is -0.392. The fourth-order valence-corrected chi connectivity index (χ4v) is 2.32. The van der Waals surface area contributed by atoms with E-state index in [1.54, 1.807) is 0 Å². The first kappa shape index (κ1) is 15.2. The average molecular weight is 327 g/mol. The number of hydrogen-bond donors (Lipinski definition) is 0. The highest BCUT2D eigenvalue weighted by Gasteiger charge is 2.31. The van der Waals surface area contributed by atoms with Crippen molar-refractivity contribution >= 4 is 34.6 Å². The first-order valence-electron chi connectivity index (χ1n) is 5.70. The molecule has 0 aliphatic rings. The third-order valence-electron chi connectivity index (χ3n) is 2.91. The van der Waals surface area contributed by atoms with Gasteiger partial charge < -0.3 is 0 Å². The quantitative estimate of drug-likeness (QED) is 0.599. The number of nitro groups is 2. The Morgan fingerprint density at radius 1 is 1.00 bits per heavy atom. The molecule has 0 atom stereocenters. The third kappa shape index (κ3) is 2.81. The molecule has 0 aliphatic carbocycles. The molecule has 0 aromatic heterocycles. The molecule has 2 rings (SSSR count). The Balaban J connectivity index is 2.89. The van der Waals surface area contributed by atoms with Gasteiger partial charge in [-0.3, -0.25) is 20.2 Å². The number of halogens is 2. The molecule has 0 fully saturated rings. The van der Waals surface area contributed by atoms with Crippen molar-refractivity contribution < 1.29 is 9.85 Å². The van der Waals surface area contributed by atoms with E-state index in [-0.39, 0.29) is 21.8 Å². The minimum absolute atomic E-state index is 0.115. The van der Waals surface area contributed by atoms with Crippen LogP contribution in [0.4, 0.5) is 11.4 Å². The van der Waals surface area contributed by atoms with Crippen LogP contribution >= 0.6 is 23.2 Å². The Morgan fingerprint density at radius 2 is 1.57 bits per heavy atom. The molecular weight excluding hydrogens is 319 g/mol. The van der Waals surface area contributed by atoms with Gasteiger partial charge in [0.25, 0.3) is 5.69 Å². The predicted octanol–water partition coefficient (Wildman–Crippen LogP) is 4.79. The van der Waals surface area contributed by atoms with Crippen molar-refractivity contribution in [2.45, 2.75) is 6.92 Å². The van der Waals surface area contributed by atoms with Crippen LogP contribution in [-0.4, -0.2) is 9.85 Å². The second-order valence-electron chi connectivity index (χ2n) is 4.27. The summed E-state index contributed by atoms with van der Waals surface area (Å²) in [5.41, 5.74) is -0.402. The summed E-state index contributed by atoms with van der Waals surface area (Å²) in [6.07, 6.45) is 0. The zero-order chi connectivity index (χ0) is 15.7. The van der Waals surface area contributed by atoms with Gasteiger partial charge in [0.1, 0.15) is 10.6 Å². The lowest BCUT2D eigenvalue weighted by Gasteiger charge is -2.08. The van der Waals surface area contributed by atoms with Crippen LogP contribution in [0, 0.1) is 27.2 Å². The maximum atomic E-state index is 11.3. The minimum Gasteiger partial charge on any atom is -0.258 e. The molecule has 0 saturated carbocycles. The fourth-order valence-electron chi connectivity index (χ4n) is 1.98. The number of rotatable bonds is 3. The lowest BCUT2D eigenvalue weighted by Crippen LogP contribution is -2.00. The average Bonchev–Trinajstić information content (AvgIpc) is 2.41. The highest BCUT2D eigenvalue weighted by molar-refractivity contribution is 6.34. The van der Waals surface area contributed by atoms with E-state index < -0.39 is 15.5 Å². The van der Waals surface area contributed by atoms with Crippen molar-refractivity contribution in [3.8, 4) is 11.1 Å². The summed E-state index contributed by atoms with van der Waals surface area (Å²) in [7, 11) is 0. The van der Waals surface area contributed by atoms with E-state index >= 15 is 0 Å². The van der Waals surface area contributed by atoms with Crippen LogP contribution in [0.1, 0.15) is 5.56 Å². The van der Waals surface area contributed by atoms with Crippen LogP contribution in [0.2, 0.25) is 10.0 Å². The van der Waals surface area contributed by atoms with E-state index in [1.165, 1.54) is 37.3 Å². The van der Waals surface area contributed by atoms with Gasteiger partial charge >= 0.3 is 5.69 Å². The largest absolute Gasteiger partial charge is 0.302 e. The zero-order valence-corrected chi connectivity index (χ0v) is 12.2. The Kier molecular flexibility index (Phi) is 4.11. The van der Waals surface area contributed by atoms with Crippen LogP contribution in [-0.2, 0) is 0 Å². The van der Waals surface area contributed by atoms with Crippen molar-refractivity contribution in [1.82, 2.24) is 0 Å². The molecule has 0 spiro atoms. The van der Waals surface area contributed by atoms with Crippen molar-refractivity contribution in [3.63, 3.8) is 0 Å². The lowest BCUT2D eigenvalue weighted by atomic mass is 9.99. The van der Waals surface area contributed by atoms with Gasteiger partial charge in [-0.05, 0) is 30.2 Å². The van der Waals surface area contributed by atoms with E-state index in [0.29, 0.717) is 10.6 Å². The van der Waals surface area contributed by atoms with Crippen LogP contribution in [0.15, 0.2) is 30.3 Å². The molecule has 0 saturated heterocycles. The molecule has 0 bridgehead atoms. The summed E-state index contributed by atoms with van der Waals surface area (Å²) >= 11 is 11.7. The molecule has 0 N–H and O–H groups in total. The zero-order valence-electron chi connectivity index (χ0n) is 10.7. The van der Waals surface area contributed by atoms with Crippen molar-refractivity contribution in [1.29, 1.82) is 0 Å². The summed E-state index contributed by atoms with van der Waals surface area (Å²) < 4.78 is 0. The smallest absolute Gasteiger partial charge is 0.258 e. The van der Waals surface area contributed by atoms with Crippen molar-refractivity contribution in [3.05, 3.63) is 66.2 Å². The van der Waals surface area contributed by atoms with Crippen LogP contribution in [0.5, 0.6) is 0 Å². The Morgan fingerprint density at radius 3 is 2.05 bits per heavy atom. The van der Waals surface area contributed by atoms with Crippen LogP contribution < -0.4 is 0 Å². The van der Waals surface area contributed by atoms with Crippen LogP contribution in [0.3, 0.4) is 0 Å². The predicted molar refractivity (Wildman–Crippen MR) is 79.9 cm³/mol. The molecule has 2 aromatic carbocycles. The van der Waals surface area contributed by atoms with Crippen molar-refractivity contribution in [2.24, 2.45) is 0 Å². The van der Waals surface area contributed by atoms with Gasteiger partial charge in [0.2, 0.25) is 0 Å². The minimum atomic E-state index is -0.716. The van der Waals surface area contributed by atoms with E-state index in [9.17, 15) is 20.2 Å². The van der Waals surface area contributed by atoms with E-state index in [0.717, 1.165) is 0 Å².